The van der Waals surface area contributed by atoms with Crippen molar-refractivity contribution < 1.29 is 32.2 Å². The predicted octanol–water partition coefficient (Wildman–Crippen LogP) is 4.76. The molecule has 4 rings (SSSR count). The van der Waals surface area contributed by atoms with E-state index in [-0.39, 0.29) is 55.4 Å². The molecule has 1 amide bonds. The highest BCUT2D eigenvalue weighted by atomic mass is 19.3. The number of amides is 1. The highest BCUT2D eigenvalue weighted by Crippen LogP contribution is 2.40. The quantitative estimate of drug-likeness (QED) is 0.401. The summed E-state index contributed by atoms with van der Waals surface area (Å²) in [5, 5.41) is 15.1. The van der Waals surface area contributed by atoms with Crippen LogP contribution in [0.15, 0.2) is 24.3 Å². The van der Waals surface area contributed by atoms with E-state index in [4.69, 9.17) is 4.74 Å². The van der Waals surface area contributed by atoms with E-state index in [1.807, 2.05) is 0 Å². The fourth-order valence-corrected chi connectivity index (χ4v) is 4.67. The summed E-state index contributed by atoms with van der Waals surface area (Å²) in [5.74, 6) is -0.846. The van der Waals surface area contributed by atoms with Gasteiger partial charge in [0.1, 0.15) is 17.5 Å². The molecule has 204 valence electrons. The molecular formula is C26H29F4N5O3. The minimum absolute atomic E-state index is 0.0369. The van der Waals surface area contributed by atoms with E-state index < -0.39 is 42.0 Å². The number of hydrogen-bond acceptors (Lipinski definition) is 7. The van der Waals surface area contributed by atoms with Crippen molar-refractivity contribution in [1.82, 2.24) is 19.9 Å². The standard InChI is InChI=1S/C26H29F4N5O3/c1-4-38-25-19(26(37)8-10-35(11-9-26)20(36)13-27)12-18-23(32-15(3)33-24(18)34-25)31-14(2)16-6-5-7-17(21(16)28)22(29)30/h5-7,12,14,22,37H,4,8-11,13H2,1-3H3,(H,31,32,33,34). The number of alkyl halides is 3. The molecule has 1 unspecified atom stereocenters. The molecule has 1 aliphatic rings. The van der Waals surface area contributed by atoms with Crippen LogP contribution in [0.3, 0.4) is 0 Å². The van der Waals surface area contributed by atoms with E-state index in [1.165, 1.54) is 17.0 Å². The number of ether oxygens (including phenoxy) is 1. The number of hydrogen-bond donors (Lipinski definition) is 2. The number of pyridine rings is 1. The Bertz CT molecular complexity index is 1330. The number of likely N-dealkylation sites (tertiary alicyclic amines) is 1. The Balaban J connectivity index is 1.75. The maximum Gasteiger partial charge on any atom is 0.266 e. The van der Waals surface area contributed by atoms with Gasteiger partial charge >= 0.3 is 0 Å². The number of carbonyl (C=O) groups excluding carboxylic acids is 1. The summed E-state index contributed by atoms with van der Waals surface area (Å²) >= 11 is 0. The first-order chi connectivity index (χ1) is 18.1. The van der Waals surface area contributed by atoms with Crippen LogP contribution in [0.5, 0.6) is 5.88 Å². The number of anilines is 1. The fraction of sp³-hybridized carbons (Fsp3) is 0.462. The first-order valence-corrected chi connectivity index (χ1v) is 12.3. The summed E-state index contributed by atoms with van der Waals surface area (Å²) in [4.78, 5) is 26.5. The lowest BCUT2D eigenvalue weighted by Gasteiger charge is -2.38. The first kappa shape index (κ1) is 27.5. The minimum atomic E-state index is -2.96. The van der Waals surface area contributed by atoms with Crippen LogP contribution in [0.25, 0.3) is 11.0 Å². The molecule has 8 nitrogen and oxygen atoms in total. The van der Waals surface area contributed by atoms with Crippen LogP contribution in [0.1, 0.15) is 61.7 Å². The number of aryl methyl sites for hydroxylation is 1. The Kier molecular flexibility index (Phi) is 8.00. The number of piperidine rings is 1. The van der Waals surface area contributed by atoms with Crippen LogP contribution in [0.4, 0.5) is 23.4 Å². The lowest BCUT2D eigenvalue weighted by Crippen LogP contribution is -2.45. The molecule has 1 fully saturated rings. The molecule has 0 radical (unpaired) electrons. The molecule has 2 N–H and O–H groups in total. The normalized spacial score (nSPS) is 16.1. The van der Waals surface area contributed by atoms with Crippen molar-refractivity contribution >= 4 is 22.8 Å². The second-order valence-electron chi connectivity index (χ2n) is 9.23. The maximum absolute atomic E-state index is 14.8. The number of halogens is 4. The third kappa shape index (κ3) is 5.35. The Labute approximate surface area is 217 Å². The monoisotopic (exact) mass is 535 g/mol. The topological polar surface area (TPSA) is 100 Å². The molecule has 12 heteroatoms. The van der Waals surface area contributed by atoms with Crippen molar-refractivity contribution in [2.45, 2.75) is 51.7 Å². The number of carbonyl (C=O) groups is 1. The molecule has 0 aliphatic carbocycles. The van der Waals surface area contributed by atoms with Gasteiger partial charge in [-0.05, 0) is 39.7 Å². The molecule has 0 bridgehead atoms. The van der Waals surface area contributed by atoms with Gasteiger partial charge in [0.2, 0.25) is 5.88 Å². The number of rotatable bonds is 8. The number of aromatic nitrogens is 3. The van der Waals surface area contributed by atoms with Crippen molar-refractivity contribution in [3.8, 4) is 5.88 Å². The third-order valence-electron chi connectivity index (χ3n) is 6.72. The second kappa shape index (κ2) is 11.1. The van der Waals surface area contributed by atoms with E-state index in [0.29, 0.717) is 16.8 Å². The second-order valence-corrected chi connectivity index (χ2v) is 9.23. The molecule has 38 heavy (non-hydrogen) atoms. The molecule has 1 atom stereocenters. The van der Waals surface area contributed by atoms with Gasteiger partial charge in [-0.1, -0.05) is 18.2 Å². The highest BCUT2D eigenvalue weighted by Gasteiger charge is 2.39. The van der Waals surface area contributed by atoms with E-state index in [2.05, 4.69) is 20.3 Å². The average Bonchev–Trinajstić information content (AvgIpc) is 2.88. The van der Waals surface area contributed by atoms with Gasteiger partial charge in [-0.3, -0.25) is 4.79 Å². The van der Waals surface area contributed by atoms with Crippen molar-refractivity contribution in [2.75, 3.05) is 31.7 Å². The lowest BCUT2D eigenvalue weighted by molar-refractivity contribution is -0.136. The van der Waals surface area contributed by atoms with Gasteiger partial charge in [-0.2, -0.15) is 4.98 Å². The van der Waals surface area contributed by atoms with Crippen LogP contribution in [0, 0.1) is 12.7 Å². The van der Waals surface area contributed by atoms with Crippen molar-refractivity contribution in [3.63, 3.8) is 0 Å². The third-order valence-corrected chi connectivity index (χ3v) is 6.72. The van der Waals surface area contributed by atoms with E-state index in [0.717, 1.165) is 6.07 Å². The summed E-state index contributed by atoms with van der Waals surface area (Å²) in [6.45, 7) is 4.48. The van der Waals surface area contributed by atoms with Crippen molar-refractivity contribution in [3.05, 3.63) is 52.6 Å². The molecule has 3 heterocycles. The fourth-order valence-electron chi connectivity index (χ4n) is 4.67. The summed E-state index contributed by atoms with van der Waals surface area (Å²) in [6, 6.07) is 4.71. The number of benzene rings is 1. The molecule has 3 aromatic rings. The molecule has 1 aromatic carbocycles. The van der Waals surface area contributed by atoms with Gasteiger partial charge in [0.15, 0.2) is 12.3 Å². The smallest absolute Gasteiger partial charge is 0.266 e. The number of nitrogens with zero attached hydrogens (tertiary/aromatic N) is 4. The number of fused-ring (bicyclic) bond motifs is 1. The maximum atomic E-state index is 14.8. The molecular weight excluding hydrogens is 506 g/mol. The first-order valence-electron chi connectivity index (χ1n) is 12.3. The zero-order valence-corrected chi connectivity index (χ0v) is 21.3. The zero-order chi connectivity index (χ0) is 27.6. The Morgan fingerprint density at radius 3 is 2.53 bits per heavy atom. The SMILES string of the molecule is CCOc1nc2nc(C)nc(NC(C)c3cccc(C(F)F)c3F)c2cc1C1(O)CCN(C(=O)CF)CC1. The van der Waals surface area contributed by atoms with Gasteiger partial charge in [0.05, 0.1) is 29.2 Å². The van der Waals surface area contributed by atoms with Crippen LogP contribution in [0.2, 0.25) is 0 Å². The van der Waals surface area contributed by atoms with Crippen molar-refractivity contribution in [2.24, 2.45) is 0 Å². The summed E-state index contributed by atoms with van der Waals surface area (Å²) < 4.78 is 59.9. The lowest BCUT2D eigenvalue weighted by atomic mass is 9.84. The summed E-state index contributed by atoms with van der Waals surface area (Å²) in [6.07, 6.45) is -2.70. The molecule has 0 spiro atoms. The zero-order valence-electron chi connectivity index (χ0n) is 21.3. The molecule has 0 saturated carbocycles. The molecule has 1 saturated heterocycles. The average molecular weight is 536 g/mol. The number of aliphatic hydroxyl groups is 1. The Hall–Kier alpha value is -3.54. The Morgan fingerprint density at radius 2 is 1.89 bits per heavy atom. The van der Waals surface area contributed by atoms with Crippen LogP contribution >= 0.6 is 0 Å². The van der Waals surface area contributed by atoms with Crippen LogP contribution in [-0.4, -0.2) is 57.2 Å². The van der Waals surface area contributed by atoms with Crippen molar-refractivity contribution in [1.29, 1.82) is 0 Å². The highest BCUT2D eigenvalue weighted by molar-refractivity contribution is 5.88. The molecule has 2 aromatic heterocycles. The minimum Gasteiger partial charge on any atom is -0.478 e. The van der Waals surface area contributed by atoms with Crippen LogP contribution in [-0.2, 0) is 10.4 Å². The van der Waals surface area contributed by atoms with E-state index in [9.17, 15) is 27.5 Å². The van der Waals surface area contributed by atoms with Gasteiger partial charge in [-0.15, -0.1) is 0 Å². The largest absolute Gasteiger partial charge is 0.478 e. The Morgan fingerprint density at radius 1 is 1.21 bits per heavy atom. The summed E-state index contributed by atoms with van der Waals surface area (Å²) in [7, 11) is 0. The van der Waals surface area contributed by atoms with Gasteiger partial charge < -0.3 is 20.1 Å². The van der Waals surface area contributed by atoms with E-state index >= 15 is 0 Å². The van der Waals surface area contributed by atoms with E-state index in [1.54, 1.807) is 26.8 Å². The van der Waals surface area contributed by atoms with Crippen LogP contribution < -0.4 is 10.1 Å². The van der Waals surface area contributed by atoms with Gasteiger partial charge in [-0.25, -0.2) is 27.5 Å². The predicted molar refractivity (Wildman–Crippen MR) is 132 cm³/mol. The van der Waals surface area contributed by atoms with Gasteiger partial charge in [0, 0.05) is 24.2 Å². The van der Waals surface area contributed by atoms with Gasteiger partial charge in [0.25, 0.3) is 12.3 Å². The molecule has 1 aliphatic heterocycles. The number of nitrogens with one attached hydrogen (secondary N) is 1. The summed E-state index contributed by atoms with van der Waals surface area (Å²) in [5.41, 5.74) is -1.47.